The largest absolute Gasteiger partial charge is 0.377 e. The van der Waals surface area contributed by atoms with E-state index in [4.69, 9.17) is 0 Å². The quantitative estimate of drug-likeness (QED) is 0.735. The lowest BCUT2D eigenvalue weighted by Crippen LogP contribution is -2.02. The van der Waals surface area contributed by atoms with E-state index < -0.39 is 0 Å². The first kappa shape index (κ1) is 10.3. The molecule has 0 unspecified atom stereocenters. The van der Waals surface area contributed by atoms with Crippen LogP contribution in [-0.2, 0) is 4.79 Å². The molecule has 1 aromatic rings. The predicted molar refractivity (Wildman–Crippen MR) is 57.5 cm³/mol. The summed E-state index contributed by atoms with van der Waals surface area (Å²) in [4.78, 5) is 10.6. The van der Waals surface area contributed by atoms with Crippen LogP contribution >= 0.6 is 11.3 Å². The molecule has 0 saturated heterocycles. The van der Waals surface area contributed by atoms with Gasteiger partial charge in [0.15, 0.2) is 0 Å². The summed E-state index contributed by atoms with van der Waals surface area (Å²) >= 11 is 1.71. The van der Waals surface area contributed by atoms with Gasteiger partial charge < -0.3 is 10.1 Å². The number of hydrogen-bond acceptors (Lipinski definition) is 3. The molecule has 0 aliphatic carbocycles. The fourth-order valence-electron chi connectivity index (χ4n) is 1.09. The number of aryl methyl sites for hydroxylation is 1. The number of ketones is 1. The molecule has 0 saturated carbocycles. The van der Waals surface area contributed by atoms with Crippen LogP contribution in [0.1, 0.15) is 25.3 Å². The summed E-state index contributed by atoms with van der Waals surface area (Å²) in [5.41, 5.74) is 1.29. The van der Waals surface area contributed by atoms with Crippen molar-refractivity contribution in [3.05, 3.63) is 17.0 Å². The highest BCUT2D eigenvalue weighted by molar-refractivity contribution is 7.14. The summed E-state index contributed by atoms with van der Waals surface area (Å²) in [6.45, 7) is 4.61. The molecule has 3 heteroatoms. The highest BCUT2D eigenvalue weighted by atomic mass is 32.1. The second-order valence-corrected chi connectivity index (χ2v) is 4.08. The number of nitrogens with one attached hydrogen (secondary N) is 1. The number of hydrogen-bond donors (Lipinski definition) is 1. The maximum Gasteiger partial charge on any atom is 0.129 e. The molecule has 0 aromatic carbocycles. The van der Waals surface area contributed by atoms with Crippen molar-refractivity contribution >= 4 is 22.1 Å². The Morgan fingerprint density at radius 3 is 2.92 bits per heavy atom. The van der Waals surface area contributed by atoms with E-state index in [9.17, 15) is 4.79 Å². The molecular formula is C10H15NOS. The minimum Gasteiger partial charge on any atom is -0.377 e. The Bertz CT molecular complexity index is 280. The lowest BCUT2D eigenvalue weighted by molar-refractivity contribution is -0.117. The molecule has 13 heavy (non-hydrogen) atoms. The summed E-state index contributed by atoms with van der Waals surface area (Å²) in [7, 11) is 0. The van der Waals surface area contributed by atoms with Crippen LogP contribution in [0.4, 0.5) is 5.00 Å². The Morgan fingerprint density at radius 2 is 2.38 bits per heavy atom. The van der Waals surface area contributed by atoms with Crippen molar-refractivity contribution in [2.45, 2.75) is 26.7 Å². The lowest BCUT2D eigenvalue weighted by Gasteiger charge is -2.03. The summed E-state index contributed by atoms with van der Waals surface area (Å²) in [5, 5.41) is 6.61. The van der Waals surface area contributed by atoms with Gasteiger partial charge in [-0.05, 0) is 37.3 Å². The first-order valence-electron chi connectivity index (χ1n) is 4.47. The normalized spacial score (nSPS) is 10.0. The van der Waals surface area contributed by atoms with Gasteiger partial charge in [0.05, 0.1) is 5.00 Å². The molecule has 0 amide bonds. The molecule has 72 valence electrons. The standard InChI is InChI=1S/C10H15NOS/c1-8-5-7-13-10(8)11-6-3-4-9(2)12/h5,7,11H,3-4,6H2,1-2H3. The molecule has 0 fully saturated rings. The van der Waals surface area contributed by atoms with Gasteiger partial charge in [-0.1, -0.05) is 0 Å². The summed E-state index contributed by atoms with van der Waals surface area (Å²) < 4.78 is 0. The number of rotatable bonds is 5. The van der Waals surface area contributed by atoms with Crippen molar-refractivity contribution in [1.82, 2.24) is 0 Å². The van der Waals surface area contributed by atoms with Gasteiger partial charge in [-0.2, -0.15) is 0 Å². The average Bonchev–Trinajstić information content (AvgIpc) is 2.45. The highest BCUT2D eigenvalue weighted by Gasteiger charge is 1.98. The number of carbonyl (C=O) groups excluding carboxylic acids is 1. The SMILES string of the molecule is CC(=O)CCCNc1sccc1C. The Labute approximate surface area is 83.0 Å². The van der Waals surface area contributed by atoms with Gasteiger partial charge in [0, 0.05) is 13.0 Å². The van der Waals surface area contributed by atoms with Crippen molar-refractivity contribution in [1.29, 1.82) is 0 Å². The van der Waals surface area contributed by atoms with Crippen LogP contribution in [0, 0.1) is 6.92 Å². The molecule has 0 aliphatic rings. The third-order valence-electron chi connectivity index (χ3n) is 1.85. The molecule has 0 spiro atoms. The molecule has 1 aromatic heterocycles. The fourth-order valence-corrected chi connectivity index (χ4v) is 1.94. The molecule has 0 bridgehead atoms. The molecule has 0 atom stereocenters. The monoisotopic (exact) mass is 197 g/mol. The first-order valence-corrected chi connectivity index (χ1v) is 5.35. The van der Waals surface area contributed by atoms with Gasteiger partial charge in [-0.3, -0.25) is 0 Å². The maximum atomic E-state index is 10.6. The number of Topliss-reactive ketones (excluding diaryl/α,β-unsaturated/α-hetero) is 1. The second kappa shape index (κ2) is 5.02. The van der Waals surface area contributed by atoms with Gasteiger partial charge in [0.25, 0.3) is 0 Å². The summed E-state index contributed by atoms with van der Waals surface area (Å²) in [6.07, 6.45) is 1.60. The molecule has 0 radical (unpaired) electrons. The van der Waals surface area contributed by atoms with Gasteiger partial charge in [-0.15, -0.1) is 11.3 Å². The molecular weight excluding hydrogens is 182 g/mol. The predicted octanol–water partition coefficient (Wildman–Crippen LogP) is 2.84. The van der Waals surface area contributed by atoms with E-state index in [0.29, 0.717) is 6.42 Å². The van der Waals surface area contributed by atoms with Crippen LogP contribution in [0.3, 0.4) is 0 Å². The van der Waals surface area contributed by atoms with Gasteiger partial charge in [-0.25, -0.2) is 0 Å². The van der Waals surface area contributed by atoms with E-state index in [1.807, 2.05) is 0 Å². The second-order valence-electron chi connectivity index (χ2n) is 3.17. The van der Waals surface area contributed by atoms with Gasteiger partial charge in [0.2, 0.25) is 0 Å². The Balaban J connectivity index is 2.20. The Kier molecular flexibility index (Phi) is 3.96. The lowest BCUT2D eigenvalue weighted by atomic mass is 10.2. The third kappa shape index (κ3) is 3.59. The third-order valence-corrected chi connectivity index (χ3v) is 2.83. The summed E-state index contributed by atoms with van der Waals surface area (Å²) in [5.74, 6) is 0.268. The minimum absolute atomic E-state index is 0.268. The van der Waals surface area contributed by atoms with Crippen molar-refractivity contribution in [2.24, 2.45) is 0 Å². The Morgan fingerprint density at radius 1 is 1.62 bits per heavy atom. The van der Waals surface area contributed by atoms with Crippen LogP contribution in [0.25, 0.3) is 0 Å². The van der Waals surface area contributed by atoms with E-state index >= 15 is 0 Å². The van der Waals surface area contributed by atoms with Gasteiger partial charge in [0.1, 0.15) is 5.78 Å². The fraction of sp³-hybridized carbons (Fsp3) is 0.500. The van der Waals surface area contributed by atoms with E-state index in [2.05, 4.69) is 23.7 Å². The maximum absolute atomic E-state index is 10.6. The molecule has 1 rings (SSSR count). The van der Waals surface area contributed by atoms with Crippen molar-refractivity contribution in [3.8, 4) is 0 Å². The number of anilines is 1. The van der Waals surface area contributed by atoms with Crippen LogP contribution in [0.2, 0.25) is 0 Å². The zero-order valence-electron chi connectivity index (χ0n) is 8.09. The van der Waals surface area contributed by atoms with E-state index in [-0.39, 0.29) is 5.78 Å². The molecule has 1 N–H and O–H groups in total. The van der Waals surface area contributed by atoms with Crippen LogP contribution in [0.5, 0.6) is 0 Å². The number of carbonyl (C=O) groups is 1. The van der Waals surface area contributed by atoms with Crippen molar-refractivity contribution < 1.29 is 4.79 Å². The molecule has 0 aliphatic heterocycles. The zero-order valence-corrected chi connectivity index (χ0v) is 8.91. The topological polar surface area (TPSA) is 29.1 Å². The first-order chi connectivity index (χ1) is 6.20. The smallest absolute Gasteiger partial charge is 0.129 e. The average molecular weight is 197 g/mol. The minimum atomic E-state index is 0.268. The van der Waals surface area contributed by atoms with Crippen molar-refractivity contribution in [2.75, 3.05) is 11.9 Å². The van der Waals surface area contributed by atoms with E-state index in [1.165, 1.54) is 10.6 Å². The highest BCUT2D eigenvalue weighted by Crippen LogP contribution is 2.21. The number of thiophene rings is 1. The van der Waals surface area contributed by atoms with E-state index in [0.717, 1.165) is 13.0 Å². The summed E-state index contributed by atoms with van der Waals surface area (Å²) in [6, 6.07) is 2.10. The zero-order chi connectivity index (χ0) is 9.68. The molecule has 1 heterocycles. The van der Waals surface area contributed by atoms with Crippen LogP contribution in [-0.4, -0.2) is 12.3 Å². The van der Waals surface area contributed by atoms with Gasteiger partial charge >= 0.3 is 0 Å². The van der Waals surface area contributed by atoms with E-state index in [1.54, 1.807) is 18.3 Å². The van der Waals surface area contributed by atoms with Crippen LogP contribution in [0.15, 0.2) is 11.4 Å². The van der Waals surface area contributed by atoms with Crippen LogP contribution < -0.4 is 5.32 Å². The van der Waals surface area contributed by atoms with Crippen molar-refractivity contribution in [3.63, 3.8) is 0 Å². The molecule has 2 nitrogen and oxygen atoms in total. The Hall–Kier alpha value is -0.830.